The number of anilines is 1. The van der Waals surface area contributed by atoms with Gasteiger partial charge in [0.2, 0.25) is 0 Å². The highest BCUT2D eigenvalue weighted by Crippen LogP contribution is 2.28. The Labute approximate surface area is 197 Å². The van der Waals surface area contributed by atoms with Crippen LogP contribution in [-0.2, 0) is 12.8 Å². The highest BCUT2D eigenvalue weighted by Gasteiger charge is 2.27. The van der Waals surface area contributed by atoms with Crippen LogP contribution in [0.4, 0.5) is 15.0 Å². The Morgan fingerprint density at radius 1 is 1.09 bits per heavy atom. The molecule has 1 N–H and O–H groups in total. The Kier molecular flexibility index (Phi) is 7.92. The molecule has 1 unspecified atom stereocenters. The number of carbonyl (C=O) groups is 1. The second-order valence-electron chi connectivity index (χ2n) is 9.95. The number of hydrogen-bond donors (Lipinski definition) is 1. The fourth-order valence-electron chi connectivity index (χ4n) is 4.00. The normalized spacial score (nSPS) is 15.5. The van der Waals surface area contributed by atoms with Crippen molar-refractivity contribution in [1.29, 1.82) is 0 Å². The molecule has 1 aliphatic heterocycles. The lowest BCUT2D eigenvalue weighted by Crippen LogP contribution is -2.55. The van der Waals surface area contributed by atoms with E-state index in [1.165, 1.54) is 12.1 Å². The zero-order chi connectivity index (χ0) is 24.2. The predicted octanol–water partition coefficient (Wildman–Crippen LogP) is 4.91. The van der Waals surface area contributed by atoms with Gasteiger partial charge in [0.05, 0.1) is 0 Å². The third-order valence-electron chi connectivity index (χ3n) is 6.12. The van der Waals surface area contributed by atoms with Crippen molar-refractivity contribution in [1.82, 2.24) is 20.2 Å². The van der Waals surface area contributed by atoms with Crippen LogP contribution in [0.2, 0.25) is 0 Å². The molecule has 2 amide bonds. The standard InChI is InChI=1S/C26H38FN5O/c1-7-18(3)23-28-22(8-2)21(17-19-9-11-20(27)12-10-19)24(29-23)31-13-15-32(16-14-31)25(33)30-26(4,5)6/h9-12,18H,7-8,13-17H2,1-6H3,(H,30,33). The molecule has 1 saturated heterocycles. The van der Waals surface area contributed by atoms with Gasteiger partial charge in [0, 0.05) is 55.3 Å². The first-order chi connectivity index (χ1) is 15.6. The first kappa shape index (κ1) is 24.9. The van der Waals surface area contributed by atoms with Gasteiger partial charge in [-0.05, 0) is 51.3 Å². The number of piperazine rings is 1. The summed E-state index contributed by atoms with van der Waals surface area (Å²) in [5, 5.41) is 3.05. The molecule has 3 rings (SSSR count). The summed E-state index contributed by atoms with van der Waals surface area (Å²) in [6.45, 7) is 15.1. The summed E-state index contributed by atoms with van der Waals surface area (Å²) in [5.41, 5.74) is 2.93. The van der Waals surface area contributed by atoms with Crippen LogP contribution in [0.15, 0.2) is 24.3 Å². The van der Waals surface area contributed by atoms with Crippen molar-refractivity contribution in [3.8, 4) is 0 Å². The van der Waals surface area contributed by atoms with Gasteiger partial charge in [0.15, 0.2) is 0 Å². The summed E-state index contributed by atoms with van der Waals surface area (Å²) in [6, 6.07) is 6.64. The molecule has 2 aromatic rings. The smallest absolute Gasteiger partial charge is 0.317 e. The van der Waals surface area contributed by atoms with E-state index in [-0.39, 0.29) is 23.3 Å². The van der Waals surface area contributed by atoms with Crippen molar-refractivity contribution in [2.75, 3.05) is 31.1 Å². The molecule has 1 aromatic carbocycles. The summed E-state index contributed by atoms with van der Waals surface area (Å²) in [7, 11) is 0. The average Bonchev–Trinajstić information content (AvgIpc) is 2.79. The molecular formula is C26H38FN5O. The van der Waals surface area contributed by atoms with Gasteiger partial charge in [-0.15, -0.1) is 0 Å². The molecule has 6 nitrogen and oxygen atoms in total. The van der Waals surface area contributed by atoms with E-state index >= 15 is 0 Å². The molecule has 7 heteroatoms. The molecule has 0 radical (unpaired) electrons. The first-order valence-corrected chi connectivity index (χ1v) is 12.1. The van der Waals surface area contributed by atoms with Crippen molar-refractivity contribution < 1.29 is 9.18 Å². The molecule has 0 bridgehead atoms. The van der Waals surface area contributed by atoms with Crippen molar-refractivity contribution in [2.24, 2.45) is 0 Å². The van der Waals surface area contributed by atoms with E-state index in [1.54, 1.807) is 0 Å². The van der Waals surface area contributed by atoms with Crippen LogP contribution >= 0.6 is 0 Å². The lowest BCUT2D eigenvalue weighted by Gasteiger charge is -2.38. The third-order valence-corrected chi connectivity index (χ3v) is 6.12. The van der Waals surface area contributed by atoms with E-state index in [2.05, 4.69) is 31.0 Å². The fourth-order valence-corrected chi connectivity index (χ4v) is 4.00. The summed E-state index contributed by atoms with van der Waals surface area (Å²) in [5.74, 6) is 1.87. The number of carbonyl (C=O) groups excluding carboxylic acids is 1. The number of nitrogens with zero attached hydrogens (tertiary/aromatic N) is 4. The lowest BCUT2D eigenvalue weighted by atomic mass is 10.0. The molecule has 1 atom stereocenters. The second kappa shape index (κ2) is 10.5. The number of amides is 2. The number of halogens is 1. The van der Waals surface area contributed by atoms with Crippen LogP contribution in [0.5, 0.6) is 0 Å². The van der Waals surface area contributed by atoms with Crippen molar-refractivity contribution in [3.05, 3.63) is 52.7 Å². The van der Waals surface area contributed by atoms with Gasteiger partial charge in [-0.3, -0.25) is 0 Å². The van der Waals surface area contributed by atoms with Gasteiger partial charge in [-0.2, -0.15) is 0 Å². The topological polar surface area (TPSA) is 61.4 Å². The first-order valence-electron chi connectivity index (χ1n) is 12.1. The van der Waals surface area contributed by atoms with Gasteiger partial charge < -0.3 is 15.1 Å². The van der Waals surface area contributed by atoms with E-state index < -0.39 is 0 Å². The van der Waals surface area contributed by atoms with E-state index in [0.717, 1.165) is 41.3 Å². The highest BCUT2D eigenvalue weighted by molar-refractivity contribution is 5.75. The molecule has 1 aliphatic rings. The number of rotatable bonds is 6. The summed E-state index contributed by atoms with van der Waals surface area (Å²) >= 11 is 0. The third kappa shape index (κ3) is 6.42. The van der Waals surface area contributed by atoms with Crippen LogP contribution in [0.3, 0.4) is 0 Å². The number of benzene rings is 1. The van der Waals surface area contributed by atoms with E-state index in [0.29, 0.717) is 32.6 Å². The SMILES string of the molecule is CCc1nc(C(C)CC)nc(N2CCN(C(=O)NC(C)(C)C)CC2)c1Cc1ccc(F)cc1. The highest BCUT2D eigenvalue weighted by atomic mass is 19.1. The molecular weight excluding hydrogens is 417 g/mol. The zero-order valence-corrected chi connectivity index (χ0v) is 20.9. The number of aryl methyl sites for hydroxylation is 1. The summed E-state index contributed by atoms with van der Waals surface area (Å²) in [4.78, 5) is 26.7. The second-order valence-corrected chi connectivity index (χ2v) is 9.95. The molecule has 1 fully saturated rings. The Bertz CT molecular complexity index is 946. The van der Waals surface area contributed by atoms with Crippen LogP contribution in [0.1, 0.15) is 76.5 Å². The van der Waals surface area contributed by atoms with E-state index in [1.807, 2.05) is 37.8 Å². The summed E-state index contributed by atoms with van der Waals surface area (Å²) < 4.78 is 13.5. The number of urea groups is 1. The predicted molar refractivity (Wildman–Crippen MR) is 131 cm³/mol. The Balaban J connectivity index is 1.90. The zero-order valence-electron chi connectivity index (χ0n) is 20.9. The molecule has 33 heavy (non-hydrogen) atoms. The van der Waals surface area contributed by atoms with E-state index in [9.17, 15) is 9.18 Å². The van der Waals surface area contributed by atoms with Crippen LogP contribution < -0.4 is 10.2 Å². The van der Waals surface area contributed by atoms with Gasteiger partial charge >= 0.3 is 6.03 Å². The minimum Gasteiger partial charge on any atom is -0.353 e. The molecule has 180 valence electrons. The van der Waals surface area contributed by atoms with E-state index in [4.69, 9.17) is 9.97 Å². The number of nitrogens with one attached hydrogen (secondary N) is 1. The minimum atomic E-state index is -0.260. The monoisotopic (exact) mass is 455 g/mol. The maximum atomic E-state index is 13.5. The summed E-state index contributed by atoms with van der Waals surface area (Å²) in [6.07, 6.45) is 2.44. The largest absolute Gasteiger partial charge is 0.353 e. The molecule has 2 heterocycles. The van der Waals surface area contributed by atoms with Gasteiger partial charge in [0.25, 0.3) is 0 Å². The Morgan fingerprint density at radius 2 is 1.73 bits per heavy atom. The van der Waals surface area contributed by atoms with Crippen molar-refractivity contribution in [3.63, 3.8) is 0 Å². The lowest BCUT2D eigenvalue weighted by molar-refractivity contribution is 0.185. The molecule has 0 saturated carbocycles. The number of aromatic nitrogens is 2. The minimum absolute atomic E-state index is 0.0223. The van der Waals surface area contributed by atoms with Crippen LogP contribution in [-0.4, -0.2) is 52.6 Å². The van der Waals surface area contributed by atoms with Gasteiger partial charge in [-0.1, -0.05) is 32.9 Å². The Morgan fingerprint density at radius 3 is 2.27 bits per heavy atom. The van der Waals surface area contributed by atoms with Crippen molar-refractivity contribution >= 4 is 11.8 Å². The molecule has 0 aliphatic carbocycles. The molecule has 0 spiro atoms. The van der Waals surface area contributed by atoms with Crippen molar-refractivity contribution in [2.45, 2.75) is 72.3 Å². The fraction of sp³-hybridized carbons (Fsp3) is 0.577. The van der Waals surface area contributed by atoms with Crippen LogP contribution in [0.25, 0.3) is 0 Å². The maximum Gasteiger partial charge on any atom is 0.317 e. The Hall–Kier alpha value is -2.70. The number of hydrogen-bond acceptors (Lipinski definition) is 4. The maximum absolute atomic E-state index is 13.5. The van der Waals surface area contributed by atoms with Crippen LogP contribution in [0, 0.1) is 5.82 Å². The van der Waals surface area contributed by atoms with Gasteiger partial charge in [-0.25, -0.2) is 19.2 Å². The average molecular weight is 456 g/mol. The molecule has 1 aromatic heterocycles. The quantitative estimate of drug-likeness (QED) is 0.672. The van der Waals surface area contributed by atoms with Gasteiger partial charge in [0.1, 0.15) is 17.5 Å².